The maximum atomic E-state index is 3.91. The first-order chi connectivity index (χ1) is 5.56. The average molecular weight is 188 g/mol. The van der Waals surface area contributed by atoms with Gasteiger partial charge in [0.05, 0.1) is 0 Å². The van der Waals surface area contributed by atoms with Crippen LogP contribution in [0, 0.1) is 0 Å². The van der Waals surface area contributed by atoms with Crippen LogP contribution >= 0.6 is 10.2 Å². The fourth-order valence-electron chi connectivity index (χ4n) is 1.36. The van der Waals surface area contributed by atoms with Gasteiger partial charge in [-0.3, -0.25) is 4.31 Å². The highest BCUT2D eigenvalue weighted by atomic mass is 32.3. The van der Waals surface area contributed by atoms with Crippen LogP contribution < -0.4 is 0 Å². The predicted molar refractivity (Wildman–Crippen MR) is 58.7 cm³/mol. The Bertz CT molecular complexity index is 160. The summed E-state index contributed by atoms with van der Waals surface area (Å²) in [5, 5.41) is 2.12. The Balaban J connectivity index is 2.49. The van der Waals surface area contributed by atoms with Crippen molar-refractivity contribution < 1.29 is 0 Å². The minimum atomic E-state index is -0.674. The van der Waals surface area contributed by atoms with Gasteiger partial charge in [0.2, 0.25) is 0 Å². The fraction of sp³-hybridized carbons (Fsp3) is 0.778. The SMILES string of the molecule is C=CS(C)(C)N1CCN(C)CC1. The number of hydrogen-bond donors (Lipinski definition) is 0. The van der Waals surface area contributed by atoms with E-state index < -0.39 is 10.2 Å². The van der Waals surface area contributed by atoms with Gasteiger partial charge in [0.15, 0.2) is 0 Å². The van der Waals surface area contributed by atoms with Crippen molar-refractivity contribution in [3.63, 3.8) is 0 Å². The van der Waals surface area contributed by atoms with E-state index in [1.54, 1.807) is 0 Å². The van der Waals surface area contributed by atoms with Gasteiger partial charge in [-0.1, -0.05) is 6.58 Å². The van der Waals surface area contributed by atoms with E-state index in [1.165, 1.54) is 26.2 Å². The van der Waals surface area contributed by atoms with Crippen molar-refractivity contribution in [2.24, 2.45) is 0 Å². The van der Waals surface area contributed by atoms with Gasteiger partial charge in [0.25, 0.3) is 0 Å². The largest absolute Gasteiger partial charge is 0.304 e. The molecular weight excluding hydrogens is 168 g/mol. The smallest absolute Gasteiger partial charge is 0.0205 e. The molecule has 0 unspecified atom stereocenters. The second-order valence-corrected chi connectivity index (χ2v) is 7.30. The van der Waals surface area contributed by atoms with Crippen LogP contribution in [-0.4, -0.2) is 54.9 Å². The predicted octanol–water partition coefficient (Wildman–Crippen LogP) is 1.36. The molecule has 0 bridgehead atoms. The van der Waals surface area contributed by atoms with Crippen molar-refractivity contribution in [2.45, 2.75) is 0 Å². The summed E-state index contributed by atoms with van der Waals surface area (Å²) >= 11 is 0. The summed E-state index contributed by atoms with van der Waals surface area (Å²) in [5.74, 6) is 0. The lowest BCUT2D eigenvalue weighted by Crippen LogP contribution is -2.44. The second kappa shape index (κ2) is 3.81. The Morgan fingerprint density at radius 2 is 1.67 bits per heavy atom. The van der Waals surface area contributed by atoms with E-state index in [4.69, 9.17) is 0 Å². The van der Waals surface area contributed by atoms with Crippen LogP contribution in [0.4, 0.5) is 0 Å². The van der Waals surface area contributed by atoms with Crippen molar-refractivity contribution in [2.75, 3.05) is 45.7 Å². The first-order valence-electron chi connectivity index (χ1n) is 4.36. The van der Waals surface area contributed by atoms with Crippen molar-refractivity contribution in [1.29, 1.82) is 0 Å². The highest BCUT2D eigenvalue weighted by Gasteiger charge is 2.21. The highest BCUT2D eigenvalue weighted by Crippen LogP contribution is 2.45. The highest BCUT2D eigenvalue weighted by molar-refractivity contribution is 8.33. The van der Waals surface area contributed by atoms with E-state index in [9.17, 15) is 0 Å². The van der Waals surface area contributed by atoms with Crippen LogP contribution in [0.5, 0.6) is 0 Å². The summed E-state index contributed by atoms with van der Waals surface area (Å²) in [6.45, 7) is 8.70. The first-order valence-corrected chi connectivity index (χ1v) is 6.82. The molecule has 0 aromatic rings. The molecule has 1 fully saturated rings. The molecule has 0 saturated carbocycles. The van der Waals surface area contributed by atoms with Crippen LogP contribution in [0.3, 0.4) is 0 Å². The van der Waals surface area contributed by atoms with E-state index in [2.05, 4.69) is 40.8 Å². The van der Waals surface area contributed by atoms with Crippen LogP contribution in [0.1, 0.15) is 0 Å². The molecule has 3 heteroatoms. The van der Waals surface area contributed by atoms with E-state index in [0.29, 0.717) is 0 Å². The van der Waals surface area contributed by atoms with E-state index in [1.807, 2.05) is 0 Å². The van der Waals surface area contributed by atoms with Gasteiger partial charge >= 0.3 is 0 Å². The summed E-state index contributed by atoms with van der Waals surface area (Å²) < 4.78 is 2.57. The monoisotopic (exact) mass is 188 g/mol. The molecule has 12 heavy (non-hydrogen) atoms. The Morgan fingerprint density at radius 1 is 1.17 bits per heavy atom. The van der Waals surface area contributed by atoms with Gasteiger partial charge in [-0.2, -0.15) is 10.2 Å². The maximum absolute atomic E-state index is 3.91. The van der Waals surface area contributed by atoms with Crippen LogP contribution in [0.15, 0.2) is 12.0 Å². The molecular formula is C9H20N2S. The lowest BCUT2D eigenvalue weighted by atomic mass is 10.4. The molecule has 72 valence electrons. The third-order valence-electron chi connectivity index (χ3n) is 2.54. The number of hydrogen-bond acceptors (Lipinski definition) is 2. The normalized spacial score (nSPS) is 23.9. The Morgan fingerprint density at radius 3 is 2.08 bits per heavy atom. The van der Waals surface area contributed by atoms with Gasteiger partial charge < -0.3 is 4.90 Å². The summed E-state index contributed by atoms with van der Waals surface area (Å²) in [7, 11) is 1.51. The van der Waals surface area contributed by atoms with Crippen LogP contribution in [0.25, 0.3) is 0 Å². The zero-order chi connectivity index (χ0) is 9.19. The molecule has 2 nitrogen and oxygen atoms in total. The van der Waals surface area contributed by atoms with Crippen LogP contribution in [0.2, 0.25) is 0 Å². The minimum Gasteiger partial charge on any atom is -0.304 e. The van der Waals surface area contributed by atoms with Crippen molar-refractivity contribution in [1.82, 2.24) is 9.21 Å². The third-order valence-corrected chi connectivity index (χ3v) is 5.05. The standard InChI is InChI=1S/C9H20N2S/c1-5-12(3,4)11-8-6-10(2)7-9-11/h5H,1,6-9H2,2-4H3. The van der Waals surface area contributed by atoms with Crippen LogP contribution in [-0.2, 0) is 0 Å². The molecule has 1 aliphatic rings. The van der Waals surface area contributed by atoms with Gasteiger partial charge in [-0.15, -0.1) is 0 Å². The lowest BCUT2D eigenvalue weighted by Gasteiger charge is -2.44. The van der Waals surface area contributed by atoms with E-state index in [0.717, 1.165) is 0 Å². The lowest BCUT2D eigenvalue weighted by molar-refractivity contribution is 0.231. The Kier molecular flexibility index (Phi) is 3.21. The van der Waals surface area contributed by atoms with E-state index >= 15 is 0 Å². The molecule has 0 aromatic heterocycles. The topological polar surface area (TPSA) is 6.48 Å². The molecule has 1 heterocycles. The van der Waals surface area contributed by atoms with Gasteiger partial charge in [-0.05, 0) is 25.0 Å². The van der Waals surface area contributed by atoms with Crippen molar-refractivity contribution in [3.8, 4) is 0 Å². The van der Waals surface area contributed by atoms with Crippen molar-refractivity contribution in [3.05, 3.63) is 12.0 Å². The molecule has 1 aliphatic heterocycles. The summed E-state index contributed by atoms with van der Waals surface area (Å²) in [6, 6.07) is 0. The second-order valence-electron chi connectivity index (χ2n) is 3.75. The zero-order valence-electron chi connectivity index (χ0n) is 8.42. The van der Waals surface area contributed by atoms with Gasteiger partial charge in [0, 0.05) is 26.2 Å². The molecule has 0 amide bonds. The molecule has 0 spiro atoms. The summed E-state index contributed by atoms with van der Waals surface area (Å²) in [5.41, 5.74) is 0. The van der Waals surface area contributed by atoms with Crippen molar-refractivity contribution >= 4 is 10.2 Å². The molecule has 0 N–H and O–H groups in total. The number of rotatable bonds is 2. The number of likely N-dealkylation sites (N-methyl/N-ethyl adjacent to an activating group) is 1. The number of piperazine rings is 1. The third kappa shape index (κ3) is 2.25. The minimum absolute atomic E-state index is 0.674. The quantitative estimate of drug-likeness (QED) is 0.645. The first kappa shape index (κ1) is 10.1. The van der Waals surface area contributed by atoms with Gasteiger partial charge in [-0.25, -0.2) is 0 Å². The zero-order valence-corrected chi connectivity index (χ0v) is 9.23. The molecule has 0 aliphatic carbocycles. The Hall–Kier alpha value is 0.01000. The number of nitrogens with zero attached hydrogens (tertiary/aromatic N) is 2. The summed E-state index contributed by atoms with van der Waals surface area (Å²) in [4.78, 5) is 2.38. The molecule has 1 rings (SSSR count). The van der Waals surface area contributed by atoms with Gasteiger partial charge in [0.1, 0.15) is 0 Å². The maximum Gasteiger partial charge on any atom is 0.0205 e. The Labute approximate surface area is 77.7 Å². The molecule has 0 atom stereocenters. The average Bonchev–Trinajstić information content (AvgIpc) is 2.05. The fourth-order valence-corrected chi connectivity index (χ4v) is 2.68. The summed E-state index contributed by atoms with van der Waals surface area (Å²) in [6.07, 6.45) is 4.62. The molecule has 1 saturated heterocycles. The molecule has 0 aromatic carbocycles. The van der Waals surface area contributed by atoms with E-state index in [-0.39, 0.29) is 0 Å². The molecule has 0 radical (unpaired) electrons.